The summed E-state index contributed by atoms with van der Waals surface area (Å²) in [4.78, 5) is 23.0. The van der Waals surface area contributed by atoms with Crippen LogP contribution in [0.2, 0.25) is 0 Å². The van der Waals surface area contributed by atoms with Crippen LogP contribution in [0, 0.1) is 11.3 Å². The second kappa shape index (κ2) is 12.1. The molecule has 1 N–H and O–H groups in total. The molecule has 0 amide bonds. The van der Waals surface area contributed by atoms with Gasteiger partial charge in [0, 0.05) is 18.7 Å². The van der Waals surface area contributed by atoms with Gasteiger partial charge in [-0.2, -0.15) is 5.26 Å². The smallest absolute Gasteiger partial charge is 0.344 e. The van der Waals surface area contributed by atoms with Crippen LogP contribution in [-0.4, -0.2) is 38.4 Å². The molecule has 0 fully saturated rings. The number of nitrogens with zero attached hydrogens (tertiary/aromatic N) is 1. The fourth-order valence-corrected chi connectivity index (χ4v) is 2.74. The molecule has 0 heterocycles. The average molecular weight is 426 g/mol. The minimum Gasteiger partial charge on any atom is -0.494 e. The topological polar surface area (TPSA) is 107 Å². The number of carbonyl (C=O) groups excluding carboxylic acids is 2. The van der Waals surface area contributed by atoms with E-state index in [1.54, 1.807) is 43.3 Å². The van der Waals surface area contributed by atoms with Gasteiger partial charge in [-0.1, -0.05) is 0 Å². The van der Waals surface area contributed by atoms with Crippen LogP contribution in [0.25, 0.3) is 0 Å². The van der Waals surface area contributed by atoms with Crippen molar-refractivity contribution in [1.82, 2.24) is 0 Å². The number of ether oxygens (including phenoxy) is 4. The van der Waals surface area contributed by atoms with Gasteiger partial charge in [-0.05, 0) is 55.8 Å². The molecule has 8 nitrogen and oxygen atoms in total. The molecule has 0 spiro atoms. The number of esters is 2. The number of rotatable bonds is 11. The Hall–Kier alpha value is -3.73. The molecule has 1 unspecified atom stereocenters. The first-order chi connectivity index (χ1) is 14.9. The number of hydrogen-bond acceptors (Lipinski definition) is 8. The summed E-state index contributed by atoms with van der Waals surface area (Å²) in [6, 6.07) is 13.8. The van der Waals surface area contributed by atoms with Crippen molar-refractivity contribution >= 4 is 17.6 Å². The minimum absolute atomic E-state index is 0.0578. The lowest BCUT2D eigenvalue weighted by atomic mass is 10.1. The van der Waals surface area contributed by atoms with Crippen molar-refractivity contribution < 1.29 is 28.5 Å². The van der Waals surface area contributed by atoms with Crippen molar-refractivity contribution in [1.29, 1.82) is 5.26 Å². The van der Waals surface area contributed by atoms with Gasteiger partial charge in [-0.25, -0.2) is 4.79 Å². The lowest BCUT2D eigenvalue weighted by molar-refractivity contribution is -0.145. The maximum absolute atomic E-state index is 11.6. The molecule has 0 aliphatic heterocycles. The highest BCUT2D eigenvalue weighted by atomic mass is 16.6. The number of nitrogens with one attached hydrogen (secondary N) is 1. The van der Waals surface area contributed by atoms with Gasteiger partial charge in [0.15, 0.2) is 6.61 Å². The van der Waals surface area contributed by atoms with Crippen molar-refractivity contribution in [3.05, 3.63) is 53.6 Å². The van der Waals surface area contributed by atoms with Gasteiger partial charge in [0.2, 0.25) is 0 Å². The van der Waals surface area contributed by atoms with E-state index >= 15 is 0 Å². The van der Waals surface area contributed by atoms with Gasteiger partial charge in [-0.15, -0.1) is 0 Å². The molecule has 2 aromatic rings. The fourth-order valence-electron chi connectivity index (χ4n) is 2.74. The molecular formula is C23H26N2O6. The lowest BCUT2D eigenvalue weighted by Gasteiger charge is -2.22. The zero-order valence-corrected chi connectivity index (χ0v) is 17.8. The zero-order chi connectivity index (χ0) is 22.6. The predicted molar refractivity (Wildman–Crippen MR) is 114 cm³/mol. The molecule has 0 saturated heterocycles. The van der Waals surface area contributed by atoms with Gasteiger partial charge in [-0.3, -0.25) is 4.79 Å². The third-order valence-corrected chi connectivity index (χ3v) is 4.09. The Kier molecular flexibility index (Phi) is 9.17. The summed E-state index contributed by atoms with van der Waals surface area (Å²) >= 11 is 0. The predicted octanol–water partition coefficient (Wildman–Crippen LogP) is 3.62. The van der Waals surface area contributed by atoms with Crippen LogP contribution >= 0.6 is 0 Å². The van der Waals surface area contributed by atoms with Gasteiger partial charge in [0.05, 0.1) is 30.9 Å². The zero-order valence-electron chi connectivity index (χ0n) is 17.8. The van der Waals surface area contributed by atoms with E-state index in [9.17, 15) is 9.59 Å². The van der Waals surface area contributed by atoms with Gasteiger partial charge in [0.25, 0.3) is 0 Å². The van der Waals surface area contributed by atoms with Crippen molar-refractivity contribution in [2.45, 2.75) is 26.8 Å². The van der Waals surface area contributed by atoms with Crippen LogP contribution in [0.4, 0.5) is 5.69 Å². The lowest BCUT2D eigenvalue weighted by Crippen LogP contribution is -2.19. The molecule has 164 valence electrons. The molecule has 0 aliphatic carbocycles. The van der Waals surface area contributed by atoms with E-state index in [-0.39, 0.29) is 19.8 Å². The fraction of sp³-hybridized carbons (Fsp3) is 0.348. The maximum Gasteiger partial charge on any atom is 0.344 e. The number of nitriles is 1. The molecule has 8 heteroatoms. The van der Waals surface area contributed by atoms with E-state index in [1.165, 1.54) is 6.92 Å². The van der Waals surface area contributed by atoms with E-state index in [1.807, 2.05) is 13.0 Å². The van der Waals surface area contributed by atoms with Crippen molar-refractivity contribution in [2.24, 2.45) is 0 Å². The quantitative estimate of drug-likeness (QED) is 0.543. The Morgan fingerprint density at radius 3 is 2.26 bits per heavy atom. The summed E-state index contributed by atoms with van der Waals surface area (Å²) < 4.78 is 21.3. The normalized spacial score (nSPS) is 11.0. The highest BCUT2D eigenvalue weighted by molar-refractivity contribution is 5.71. The molecule has 0 radical (unpaired) electrons. The number of anilines is 1. The van der Waals surface area contributed by atoms with E-state index in [4.69, 9.17) is 24.2 Å². The summed E-state index contributed by atoms with van der Waals surface area (Å²) in [7, 11) is 0. The van der Waals surface area contributed by atoms with Gasteiger partial charge in [0.1, 0.15) is 18.1 Å². The van der Waals surface area contributed by atoms with Crippen molar-refractivity contribution in [3.8, 4) is 17.6 Å². The maximum atomic E-state index is 11.6. The largest absolute Gasteiger partial charge is 0.494 e. The highest BCUT2D eigenvalue weighted by Gasteiger charge is 2.17. The van der Waals surface area contributed by atoms with E-state index in [0.717, 1.165) is 11.3 Å². The van der Waals surface area contributed by atoms with Crippen LogP contribution in [0.15, 0.2) is 42.5 Å². The Morgan fingerprint density at radius 1 is 1.00 bits per heavy atom. The SMILES string of the molecule is CCOC(=O)COc1cc(OCC)cc(C(COC(C)=O)Nc2ccc(C#N)cc2)c1. The third kappa shape index (κ3) is 7.90. The Bertz CT molecular complexity index is 921. The van der Waals surface area contributed by atoms with E-state index < -0.39 is 18.0 Å². The molecule has 0 saturated carbocycles. The van der Waals surface area contributed by atoms with E-state index in [0.29, 0.717) is 23.7 Å². The standard InChI is InChI=1S/C23H26N2O6/c1-4-28-20-10-18(11-21(12-20)31-15-23(27)29-5-2)22(14-30-16(3)26)25-19-8-6-17(13-24)7-9-19/h6-12,22,25H,4-5,14-15H2,1-3H3. The average Bonchev–Trinajstić information content (AvgIpc) is 2.76. The molecule has 0 bridgehead atoms. The summed E-state index contributed by atoms with van der Waals surface area (Å²) in [5.74, 6) is 0.0844. The first-order valence-electron chi connectivity index (χ1n) is 9.91. The summed E-state index contributed by atoms with van der Waals surface area (Å²) in [6.45, 7) is 5.45. The van der Waals surface area contributed by atoms with Gasteiger partial charge >= 0.3 is 11.9 Å². The highest BCUT2D eigenvalue weighted by Crippen LogP contribution is 2.29. The van der Waals surface area contributed by atoms with Crippen molar-refractivity contribution in [3.63, 3.8) is 0 Å². The molecule has 0 aromatic heterocycles. The second-order valence-electron chi connectivity index (χ2n) is 6.45. The third-order valence-electron chi connectivity index (χ3n) is 4.09. The first-order valence-corrected chi connectivity index (χ1v) is 9.91. The monoisotopic (exact) mass is 426 g/mol. The molecule has 31 heavy (non-hydrogen) atoms. The van der Waals surface area contributed by atoms with Gasteiger partial charge < -0.3 is 24.3 Å². The van der Waals surface area contributed by atoms with E-state index in [2.05, 4.69) is 11.4 Å². The summed E-state index contributed by atoms with van der Waals surface area (Å²) in [6.07, 6.45) is 0. The summed E-state index contributed by atoms with van der Waals surface area (Å²) in [5, 5.41) is 12.3. The number of carbonyl (C=O) groups is 2. The Labute approximate surface area is 181 Å². The van der Waals surface area contributed by atoms with Crippen LogP contribution in [0.3, 0.4) is 0 Å². The number of hydrogen-bond donors (Lipinski definition) is 1. The summed E-state index contributed by atoms with van der Waals surface area (Å²) in [5.41, 5.74) is 2.01. The Balaban J connectivity index is 2.30. The molecule has 2 aromatic carbocycles. The minimum atomic E-state index is -0.474. The Morgan fingerprint density at radius 2 is 1.68 bits per heavy atom. The first kappa shape index (κ1) is 23.5. The molecule has 2 rings (SSSR count). The van der Waals surface area contributed by atoms with Crippen molar-refractivity contribution in [2.75, 3.05) is 31.7 Å². The van der Waals surface area contributed by atoms with Crippen LogP contribution < -0.4 is 14.8 Å². The second-order valence-corrected chi connectivity index (χ2v) is 6.45. The molecular weight excluding hydrogens is 400 g/mol. The molecule has 1 atom stereocenters. The number of benzene rings is 2. The van der Waals surface area contributed by atoms with Crippen LogP contribution in [0.1, 0.15) is 37.9 Å². The van der Waals surface area contributed by atoms with Crippen LogP contribution in [0.5, 0.6) is 11.5 Å². The molecule has 0 aliphatic rings. The van der Waals surface area contributed by atoms with Crippen LogP contribution in [-0.2, 0) is 19.1 Å².